The maximum Gasteiger partial charge on any atom is 0.296 e. The van der Waals surface area contributed by atoms with E-state index in [2.05, 4.69) is 0 Å². The van der Waals surface area contributed by atoms with Crippen LogP contribution < -0.4 is 0 Å². The highest BCUT2D eigenvalue weighted by Gasteiger charge is 2.22. The average molecular weight is 224 g/mol. The van der Waals surface area contributed by atoms with Gasteiger partial charge in [0.05, 0.1) is 0 Å². The van der Waals surface area contributed by atoms with Gasteiger partial charge in [0.25, 0.3) is 10.1 Å². The highest BCUT2D eigenvalue weighted by Crippen LogP contribution is 2.20. The van der Waals surface area contributed by atoms with Crippen molar-refractivity contribution in [2.75, 3.05) is 0 Å². The Kier molecular flexibility index (Phi) is 2.84. The van der Waals surface area contributed by atoms with Crippen LogP contribution in [-0.2, 0) is 10.1 Å². The molecule has 0 bridgehead atoms. The second kappa shape index (κ2) is 3.60. The zero-order valence-corrected chi connectivity index (χ0v) is 7.50. The number of aliphatic hydroxyl groups excluding tert-OH is 1. The SMILES string of the molecule is O=S(=O)(O)C(O)c1cc(F)cc(F)c1. The molecule has 0 heterocycles. The van der Waals surface area contributed by atoms with E-state index < -0.39 is 32.8 Å². The van der Waals surface area contributed by atoms with E-state index in [4.69, 9.17) is 9.66 Å². The number of rotatable bonds is 2. The molecule has 0 fully saturated rings. The molecule has 0 aliphatic heterocycles. The minimum atomic E-state index is -4.77. The number of hydrogen-bond acceptors (Lipinski definition) is 3. The number of benzene rings is 1. The molecule has 0 aliphatic rings. The Hall–Kier alpha value is -1.05. The summed E-state index contributed by atoms with van der Waals surface area (Å²) in [6.07, 6.45) is 0. The predicted molar refractivity (Wildman–Crippen MR) is 42.9 cm³/mol. The van der Waals surface area contributed by atoms with Crippen LogP contribution in [-0.4, -0.2) is 18.1 Å². The highest BCUT2D eigenvalue weighted by atomic mass is 32.2. The minimum Gasteiger partial charge on any atom is -0.371 e. The molecule has 4 nitrogen and oxygen atoms in total. The first-order valence-electron chi connectivity index (χ1n) is 3.41. The average Bonchev–Trinajstić information content (AvgIpc) is 1.99. The van der Waals surface area contributed by atoms with E-state index in [9.17, 15) is 17.2 Å². The molecule has 7 heteroatoms. The fourth-order valence-electron chi connectivity index (χ4n) is 0.890. The molecule has 78 valence electrons. The van der Waals surface area contributed by atoms with Crippen molar-refractivity contribution < 1.29 is 26.9 Å². The van der Waals surface area contributed by atoms with Gasteiger partial charge in [0.1, 0.15) is 11.6 Å². The lowest BCUT2D eigenvalue weighted by atomic mass is 10.2. The Labute approximate surface area is 78.6 Å². The third-order valence-electron chi connectivity index (χ3n) is 1.45. The van der Waals surface area contributed by atoms with Gasteiger partial charge in [0.2, 0.25) is 5.44 Å². The van der Waals surface area contributed by atoms with Gasteiger partial charge in [0, 0.05) is 11.6 Å². The summed E-state index contributed by atoms with van der Waals surface area (Å²) in [6.45, 7) is 0. The zero-order chi connectivity index (χ0) is 10.9. The van der Waals surface area contributed by atoms with Crippen LogP contribution >= 0.6 is 0 Å². The number of aliphatic hydroxyl groups is 1. The summed E-state index contributed by atoms with van der Waals surface area (Å²) < 4.78 is 54.3. The molecule has 0 aromatic heterocycles. The molecule has 1 atom stereocenters. The second-order valence-corrected chi connectivity index (χ2v) is 4.05. The lowest BCUT2D eigenvalue weighted by molar-refractivity contribution is 0.237. The van der Waals surface area contributed by atoms with E-state index in [-0.39, 0.29) is 0 Å². The van der Waals surface area contributed by atoms with Crippen molar-refractivity contribution in [3.8, 4) is 0 Å². The Balaban J connectivity index is 3.20. The first-order chi connectivity index (χ1) is 6.30. The topological polar surface area (TPSA) is 74.6 Å². The molecule has 1 aromatic rings. The van der Waals surface area contributed by atoms with Crippen LogP contribution in [0.25, 0.3) is 0 Å². The minimum absolute atomic E-state index is 0.514. The Bertz CT molecular complexity index is 423. The van der Waals surface area contributed by atoms with E-state index in [1.807, 2.05) is 0 Å². The van der Waals surface area contributed by atoms with Crippen LogP contribution in [0, 0.1) is 11.6 Å². The summed E-state index contributed by atoms with van der Waals surface area (Å²) in [5.74, 6) is -2.08. The number of halogens is 2. The Morgan fingerprint density at radius 1 is 1.14 bits per heavy atom. The maximum absolute atomic E-state index is 12.5. The summed E-state index contributed by atoms with van der Waals surface area (Å²) in [6, 6.07) is 1.74. The smallest absolute Gasteiger partial charge is 0.296 e. The fourth-order valence-corrected chi connectivity index (χ4v) is 1.37. The molecule has 1 rings (SSSR count). The molecular formula is C7H6F2O4S. The van der Waals surface area contributed by atoms with E-state index >= 15 is 0 Å². The summed E-state index contributed by atoms with van der Waals surface area (Å²) >= 11 is 0. The number of hydrogen-bond donors (Lipinski definition) is 2. The molecule has 0 saturated heterocycles. The molecule has 1 unspecified atom stereocenters. The van der Waals surface area contributed by atoms with Gasteiger partial charge in [-0.15, -0.1) is 0 Å². The highest BCUT2D eigenvalue weighted by molar-refractivity contribution is 7.85. The Morgan fingerprint density at radius 3 is 1.93 bits per heavy atom. The lowest BCUT2D eigenvalue weighted by Gasteiger charge is -2.07. The van der Waals surface area contributed by atoms with Gasteiger partial charge in [-0.25, -0.2) is 8.78 Å². The normalized spacial score (nSPS) is 14.0. The van der Waals surface area contributed by atoms with Crippen LogP contribution in [0.2, 0.25) is 0 Å². The summed E-state index contributed by atoms with van der Waals surface area (Å²) in [5.41, 5.74) is -2.90. The molecule has 0 radical (unpaired) electrons. The first kappa shape index (κ1) is 11.0. The molecule has 0 amide bonds. The molecule has 2 N–H and O–H groups in total. The third kappa shape index (κ3) is 2.47. The van der Waals surface area contributed by atoms with Crippen LogP contribution in [0.1, 0.15) is 11.0 Å². The van der Waals surface area contributed by atoms with Crippen molar-refractivity contribution in [3.63, 3.8) is 0 Å². The molecule has 0 spiro atoms. The van der Waals surface area contributed by atoms with Crippen molar-refractivity contribution in [2.24, 2.45) is 0 Å². The molecular weight excluding hydrogens is 218 g/mol. The fraction of sp³-hybridized carbons (Fsp3) is 0.143. The summed E-state index contributed by atoms with van der Waals surface area (Å²) in [4.78, 5) is 0. The van der Waals surface area contributed by atoms with Crippen LogP contribution in [0.4, 0.5) is 8.78 Å². The monoisotopic (exact) mass is 224 g/mol. The van der Waals surface area contributed by atoms with Gasteiger partial charge in [-0.05, 0) is 12.1 Å². The summed E-state index contributed by atoms with van der Waals surface area (Å²) in [7, 11) is -4.77. The lowest BCUT2D eigenvalue weighted by Crippen LogP contribution is -2.11. The van der Waals surface area contributed by atoms with Crippen molar-refractivity contribution >= 4 is 10.1 Å². The van der Waals surface area contributed by atoms with Crippen LogP contribution in [0.15, 0.2) is 18.2 Å². The molecule has 14 heavy (non-hydrogen) atoms. The maximum atomic E-state index is 12.5. The van der Waals surface area contributed by atoms with Crippen LogP contribution in [0.5, 0.6) is 0 Å². The van der Waals surface area contributed by atoms with Crippen molar-refractivity contribution in [1.29, 1.82) is 0 Å². The third-order valence-corrected chi connectivity index (χ3v) is 2.29. The van der Waals surface area contributed by atoms with Gasteiger partial charge >= 0.3 is 0 Å². The first-order valence-corrected chi connectivity index (χ1v) is 4.91. The van der Waals surface area contributed by atoms with Gasteiger partial charge in [0.15, 0.2) is 0 Å². The summed E-state index contributed by atoms with van der Waals surface area (Å²) in [5, 5.41) is 8.93. The zero-order valence-electron chi connectivity index (χ0n) is 6.68. The van der Waals surface area contributed by atoms with Gasteiger partial charge in [-0.3, -0.25) is 4.55 Å². The van der Waals surface area contributed by atoms with E-state index in [1.54, 1.807) is 0 Å². The van der Waals surface area contributed by atoms with Gasteiger partial charge in [-0.2, -0.15) is 8.42 Å². The molecule has 0 saturated carbocycles. The second-order valence-electron chi connectivity index (χ2n) is 2.57. The predicted octanol–water partition coefficient (Wildman–Crippen LogP) is 0.844. The standard InChI is InChI=1S/C7H6F2O4S/c8-5-1-4(2-6(9)3-5)7(10)14(11,12)13/h1-3,7,10H,(H,11,12,13). The van der Waals surface area contributed by atoms with Crippen LogP contribution in [0.3, 0.4) is 0 Å². The Morgan fingerprint density at radius 2 is 1.57 bits per heavy atom. The van der Waals surface area contributed by atoms with E-state index in [1.165, 1.54) is 0 Å². The van der Waals surface area contributed by atoms with Crippen molar-refractivity contribution in [2.45, 2.75) is 5.44 Å². The van der Waals surface area contributed by atoms with Gasteiger partial charge in [-0.1, -0.05) is 0 Å². The quantitative estimate of drug-likeness (QED) is 0.730. The van der Waals surface area contributed by atoms with Gasteiger partial charge < -0.3 is 5.11 Å². The largest absolute Gasteiger partial charge is 0.371 e. The van der Waals surface area contributed by atoms with E-state index in [0.717, 1.165) is 0 Å². The van der Waals surface area contributed by atoms with E-state index in [0.29, 0.717) is 18.2 Å². The van der Waals surface area contributed by atoms with Crippen molar-refractivity contribution in [3.05, 3.63) is 35.4 Å². The molecule has 1 aromatic carbocycles. The molecule has 0 aliphatic carbocycles. The van der Waals surface area contributed by atoms with Crippen molar-refractivity contribution in [1.82, 2.24) is 0 Å².